The van der Waals surface area contributed by atoms with Crippen molar-refractivity contribution in [2.75, 3.05) is 5.75 Å². The maximum Gasteiger partial charge on any atom is 0.326 e. The summed E-state index contributed by atoms with van der Waals surface area (Å²) < 4.78 is 42.7. The first-order chi connectivity index (χ1) is 11.7. The Kier molecular flexibility index (Phi) is 5.85. The Morgan fingerprint density at radius 2 is 1.96 bits per heavy atom. The van der Waals surface area contributed by atoms with Gasteiger partial charge >= 0.3 is 11.7 Å². The Bertz CT molecular complexity index is 931. The van der Waals surface area contributed by atoms with Gasteiger partial charge in [0.2, 0.25) is 5.75 Å². The van der Waals surface area contributed by atoms with Crippen LogP contribution in [0.25, 0.3) is 0 Å². The lowest BCUT2D eigenvalue weighted by Crippen LogP contribution is -2.22. The molecule has 0 aliphatic rings. The molecule has 2 rings (SSSR count). The van der Waals surface area contributed by atoms with Crippen molar-refractivity contribution in [3.63, 3.8) is 0 Å². The largest absolute Gasteiger partial charge is 0.418 e. The standard InChI is InChI=1S/C15H11BrFNO6S/c16-11-3-1-2-10(6-11)8-25(22,23)9-15(19)24-14-7-12(17)4-5-13(14)18(20)21/h1-7H,8-9H2. The van der Waals surface area contributed by atoms with Crippen molar-refractivity contribution in [2.24, 2.45) is 0 Å². The second-order valence-electron chi connectivity index (χ2n) is 5.01. The number of ether oxygens (including phenoxy) is 1. The van der Waals surface area contributed by atoms with Gasteiger partial charge in [0.15, 0.2) is 9.84 Å². The van der Waals surface area contributed by atoms with Crippen molar-refractivity contribution in [1.82, 2.24) is 0 Å². The molecule has 0 amide bonds. The van der Waals surface area contributed by atoms with Crippen molar-refractivity contribution in [3.8, 4) is 5.75 Å². The molecule has 132 valence electrons. The number of hydrogen-bond acceptors (Lipinski definition) is 6. The summed E-state index contributed by atoms with van der Waals surface area (Å²) in [7, 11) is -3.87. The van der Waals surface area contributed by atoms with Crippen molar-refractivity contribution in [2.45, 2.75) is 5.75 Å². The second-order valence-corrected chi connectivity index (χ2v) is 7.99. The summed E-state index contributed by atoms with van der Waals surface area (Å²) in [4.78, 5) is 21.8. The molecule has 2 aromatic rings. The number of sulfone groups is 1. The number of nitro benzene ring substituents is 1. The molecule has 0 aliphatic carbocycles. The van der Waals surface area contributed by atoms with E-state index in [1.165, 1.54) is 0 Å². The van der Waals surface area contributed by atoms with Crippen LogP contribution in [0.5, 0.6) is 5.75 Å². The molecule has 25 heavy (non-hydrogen) atoms. The number of rotatable bonds is 6. The highest BCUT2D eigenvalue weighted by molar-refractivity contribution is 9.10. The van der Waals surface area contributed by atoms with Crippen molar-refractivity contribution in [3.05, 3.63) is 68.4 Å². The lowest BCUT2D eigenvalue weighted by Gasteiger charge is -2.07. The molecule has 0 aromatic heterocycles. The highest BCUT2D eigenvalue weighted by Gasteiger charge is 2.23. The highest BCUT2D eigenvalue weighted by Crippen LogP contribution is 2.27. The molecule has 0 saturated heterocycles. The van der Waals surface area contributed by atoms with Gasteiger partial charge in [-0.05, 0) is 23.8 Å². The zero-order valence-electron chi connectivity index (χ0n) is 12.5. The summed E-state index contributed by atoms with van der Waals surface area (Å²) in [6.07, 6.45) is 0. The van der Waals surface area contributed by atoms with Crippen LogP contribution in [0, 0.1) is 15.9 Å². The van der Waals surface area contributed by atoms with Gasteiger partial charge in [-0.15, -0.1) is 0 Å². The number of esters is 1. The first-order valence-corrected chi connectivity index (χ1v) is 9.37. The fraction of sp³-hybridized carbons (Fsp3) is 0.133. The van der Waals surface area contributed by atoms with Crippen LogP contribution >= 0.6 is 15.9 Å². The number of benzene rings is 2. The molecule has 2 aromatic carbocycles. The first kappa shape index (κ1) is 19.0. The SMILES string of the molecule is O=C(CS(=O)(=O)Cc1cccc(Br)c1)Oc1cc(F)ccc1[N+](=O)[O-]. The summed E-state index contributed by atoms with van der Waals surface area (Å²) in [5.41, 5.74) is -0.182. The van der Waals surface area contributed by atoms with Gasteiger partial charge in [-0.2, -0.15) is 0 Å². The van der Waals surface area contributed by atoms with E-state index in [1.807, 2.05) is 0 Å². The number of carbonyl (C=O) groups excluding carboxylic acids is 1. The van der Waals surface area contributed by atoms with Crippen LogP contribution in [-0.4, -0.2) is 25.1 Å². The van der Waals surface area contributed by atoms with E-state index in [1.54, 1.807) is 24.3 Å². The van der Waals surface area contributed by atoms with Crippen molar-refractivity contribution in [1.29, 1.82) is 0 Å². The Balaban J connectivity index is 2.12. The minimum Gasteiger partial charge on any atom is -0.418 e. The molecule has 0 unspecified atom stereocenters. The maximum atomic E-state index is 13.2. The fourth-order valence-corrected chi connectivity index (χ4v) is 3.64. The second kappa shape index (κ2) is 7.70. The Labute approximate surface area is 150 Å². The topological polar surface area (TPSA) is 104 Å². The molecule has 0 saturated carbocycles. The molecule has 7 nitrogen and oxygen atoms in total. The summed E-state index contributed by atoms with van der Waals surface area (Å²) >= 11 is 3.21. The van der Waals surface area contributed by atoms with Crippen molar-refractivity contribution < 1.29 is 27.3 Å². The molecule has 0 bridgehead atoms. The van der Waals surface area contributed by atoms with Gasteiger partial charge < -0.3 is 4.74 Å². The quantitative estimate of drug-likeness (QED) is 0.301. The van der Waals surface area contributed by atoms with E-state index < -0.39 is 49.5 Å². The van der Waals surface area contributed by atoms with Gasteiger partial charge in [0.05, 0.1) is 10.7 Å². The van der Waals surface area contributed by atoms with E-state index >= 15 is 0 Å². The summed E-state index contributed by atoms with van der Waals surface area (Å²) in [5.74, 6) is -4.14. The number of halogens is 2. The van der Waals surface area contributed by atoms with Gasteiger partial charge in [-0.1, -0.05) is 28.1 Å². The smallest absolute Gasteiger partial charge is 0.326 e. The third kappa shape index (κ3) is 5.61. The zero-order chi connectivity index (χ0) is 18.6. The average Bonchev–Trinajstić information content (AvgIpc) is 2.45. The summed E-state index contributed by atoms with van der Waals surface area (Å²) in [6, 6.07) is 8.83. The normalized spacial score (nSPS) is 11.1. The van der Waals surface area contributed by atoms with Crippen LogP contribution in [-0.2, 0) is 20.4 Å². The minimum absolute atomic E-state index is 0.410. The third-order valence-corrected chi connectivity index (χ3v) is 4.90. The van der Waals surface area contributed by atoms with Gasteiger partial charge in [0.25, 0.3) is 0 Å². The van der Waals surface area contributed by atoms with Crippen LogP contribution in [0.4, 0.5) is 10.1 Å². The van der Waals surface area contributed by atoms with Crippen LogP contribution in [0.2, 0.25) is 0 Å². The Morgan fingerprint density at radius 1 is 1.24 bits per heavy atom. The van der Waals surface area contributed by atoms with Gasteiger partial charge in [-0.25, -0.2) is 12.8 Å². The van der Waals surface area contributed by atoms with E-state index in [2.05, 4.69) is 20.7 Å². The molecule has 0 aliphatic heterocycles. The monoisotopic (exact) mass is 431 g/mol. The lowest BCUT2D eigenvalue weighted by atomic mass is 10.2. The van der Waals surface area contributed by atoms with E-state index in [9.17, 15) is 27.7 Å². The predicted octanol–water partition coefficient (Wildman–Crippen LogP) is 3.02. The molecule has 0 fully saturated rings. The molecule has 10 heteroatoms. The molecule has 0 heterocycles. The fourth-order valence-electron chi connectivity index (χ4n) is 1.98. The van der Waals surface area contributed by atoms with E-state index in [4.69, 9.17) is 0 Å². The molecule has 0 spiro atoms. The van der Waals surface area contributed by atoms with Gasteiger partial charge in [-0.3, -0.25) is 14.9 Å². The van der Waals surface area contributed by atoms with Crippen LogP contribution in [0.3, 0.4) is 0 Å². The van der Waals surface area contributed by atoms with E-state index in [-0.39, 0.29) is 0 Å². The third-order valence-electron chi connectivity index (χ3n) is 2.96. The number of carbonyl (C=O) groups is 1. The first-order valence-electron chi connectivity index (χ1n) is 6.76. The Hall–Kier alpha value is -2.33. The number of hydrogen-bond donors (Lipinski definition) is 0. The molecular formula is C15H11BrFNO6S. The maximum absolute atomic E-state index is 13.2. The van der Waals surface area contributed by atoms with Crippen LogP contribution in [0.15, 0.2) is 46.9 Å². The summed E-state index contributed by atoms with van der Waals surface area (Å²) in [6.45, 7) is 0. The summed E-state index contributed by atoms with van der Waals surface area (Å²) in [5, 5.41) is 10.8. The molecular weight excluding hydrogens is 421 g/mol. The van der Waals surface area contributed by atoms with Crippen LogP contribution < -0.4 is 4.74 Å². The molecule has 0 atom stereocenters. The van der Waals surface area contributed by atoms with Gasteiger partial charge in [0, 0.05) is 16.6 Å². The van der Waals surface area contributed by atoms with Gasteiger partial charge in [0.1, 0.15) is 11.6 Å². The van der Waals surface area contributed by atoms with E-state index in [0.717, 1.165) is 12.1 Å². The molecule has 0 N–H and O–H groups in total. The number of nitrogens with zero attached hydrogens (tertiary/aromatic N) is 1. The zero-order valence-corrected chi connectivity index (χ0v) is 14.9. The highest BCUT2D eigenvalue weighted by atomic mass is 79.9. The van der Waals surface area contributed by atoms with Crippen molar-refractivity contribution >= 4 is 37.4 Å². The minimum atomic E-state index is -3.87. The predicted molar refractivity (Wildman–Crippen MR) is 90.3 cm³/mol. The van der Waals surface area contributed by atoms with E-state index in [0.29, 0.717) is 16.1 Å². The van der Waals surface area contributed by atoms with Crippen LogP contribution in [0.1, 0.15) is 5.56 Å². The Morgan fingerprint density at radius 3 is 2.60 bits per heavy atom. The lowest BCUT2D eigenvalue weighted by molar-refractivity contribution is -0.385. The average molecular weight is 432 g/mol. The molecule has 0 radical (unpaired) electrons. The number of nitro groups is 1.